The molecule has 1 heterocycles. The molecule has 2 aliphatic rings. The molecule has 1 aliphatic carbocycles. The molecule has 3 rings (SSSR count). The Bertz CT molecular complexity index is 758. The van der Waals surface area contributed by atoms with Gasteiger partial charge in [-0.2, -0.15) is 0 Å². The molecule has 2 N–H and O–H groups in total. The average molecular weight is 372 g/mol. The second-order valence-corrected chi connectivity index (χ2v) is 7.38. The van der Waals surface area contributed by atoms with E-state index in [-0.39, 0.29) is 6.17 Å². The van der Waals surface area contributed by atoms with Crippen LogP contribution in [0.25, 0.3) is 0 Å². The number of nitrogens with zero attached hydrogens (tertiary/aromatic N) is 1. The summed E-state index contributed by atoms with van der Waals surface area (Å²) >= 11 is 5.92. The molecule has 1 aliphatic heterocycles. The van der Waals surface area contributed by atoms with Crippen molar-refractivity contribution in [2.24, 2.45) is 4.99 Å². The molecular formula is C21H26ClN3O. The van der Waals surface area contributed by atoms with E-state index < -0.39 is 0 Å². The van der Waals surface area contributed by atoms with Crippen molar-refractivity contribution in [1.82, 2.24) is 10.6 Å². The van der Waals surface area contributed by atoms with Gasteiger partial charge in [0, 0.05) is 22.0 Å². The lowest BCUT2D eigenvalue weighted by Crippen LogP contribution is -2.42. The topological polar surface area (TPSA) is 45.7 Å². The van der Waals surface area contributed by atoms with E-state index in [0.717, 1.165) is 30.1 Å². The van der Waals surface area contributed by atoms with E-state index in [0.29, 0.717) is 11.6 Å². The molecule has 0 spiro atoms. The van der Waals surface area contributed by atoms with Crippen LogP contribution in [-0.2, 0) is 0 Å². The lowest BCUT2D eigenvalue weighted by atomic mass is 9.94. The fourth-order valence-electron chi connectivity index (χ4n) is 3.22. The van der Waals surface area contributed by atoms with E-state index in [1.807, 2.05) is 30.3 Å². The minimum absolute atomic E-state index is 0.121. The molecular weight excluding hydrogens is 346 g/mol. The maximum Gasteiger partial charge on any atom is 0.155 e. The van der Waals surface area contributed by atoms with Gasteiger partial charge in [0.15, 0.2) is 6.17 Å². The monoisotopic (exact) mass is 371 g/mol. The summed E-state index contributed by atoms with van der Waals surface area (Å²) in [5.41, 5.74) is 4.63. The highest BCUT2D eigenvalue weighted by Crippen LogP contribution is 2.27. The van der Waals surface area contributed by atoms with Crippen molar-refractivity contribution in [2.45, 2.75) is 45.7 Å². The fraction of sp³-hybridized carbons (Fsp3) is 0.381. The van der Waals surface area contributed by atoms with Gasteiger partial charge in [0.1, 0.15) is 18.2 Å². The van der Waals surface area contributed by atoms with E-state index >= 15 is 0 Å². The third-order valence-corrected chi connectivity index (χ3v) is 4.59. The minimum atomic E-state index is -0.121. The quantitative estimate of drug-likeness (QED) is 0.720. The van der Waals surface area contributed by atoms with Gasteiger partial charge in [0.25, 0.3) is 0 Å². The van der Waals surface area contributed by atoms with E-state index in [2.05, 4.69) is 31.1 Å². The number of benzene rings is 1. The van der Waals surface area contributed by atoms with E-state index in [9.17, 15) is 0 Å². The third-order valence-electron chi connectivity index (χ3n) is 4.34. The highest BCUT2D eigenvalue weighted by atomic mass is 35.5. The zero-order chi connectivity index (χ0) is 18.5. The van der Waals surface area contributed by atoms with Gasteiger partial charge in [-0.1, -0.05) is 23.8 Å². The number of aliphatic imine (C=N–C) groups is 1. The van der Waals surface area contributed by atoms with Gasteiger partial charge in [-0.15, -0.1) is 0 Å². The van der Waals surface area contributed by atoms with Crippen molar-refractivity contribution in [3.63, 3.8) is 0 Å². The molecule has 1 unspecified atom stereocenters. The van der Waals surface area contributed by atoms with Crippen LogP contribution in [0.2, 0.25) is 5.02 Å². The Hall–Kier alpha value is -2.20. The highest BCUT2D eigenvalue weighted by molar-refractivity contribution is 6.30. The van der Waals surface area contributed by atoms with Crippen LogP contribution in [0.15, 0.2) is 64.5 Å². The summed E-state index contributed by atoms with van der Waals surface area (Å²) < 4.78 is 5.89. The van der Waals surface area contributed by atoms with Crippen molar-refractivity contribution in [3.05, 3.63) is 64.5 Å². The van der Waals surface area contributed by atoms with Crippen molar-refractivity contribution >= 4 is 17.4 Å². The Morgan fingerprint density at radius 1 is 1.31 bits per heavy atom. The molecule has 1 aromatic carbocycles. The molecule has 0 radical (unpaired) electrons. The molecule has 1 aromatic rings. The van der Waals surface area contributed by atoms with Crippen LogP contribution >= 0.6 is 11.6 Å². The van der Waals surface area contributed by atoms with Gasteiger partial charge in [-0.05, 0) is 69.9 Å². The minimum Gasteiger partial charge on any atom is -0.489 e. The second kappa shape index (κ2) is 8.45. The normalized spacial score (nSPS) is 19.0. The van der Waals surface area contributed by atoms with Gasteiger partial charge in [-0.25, -0.2) is 4.99 Å². The summed E-state index contributed by atoms with van der Waals surface area (Å²) in [6, 6.07) is 7.39. The van der Waals surface area contributed by atoms with Crippen LogP contribution < -0.4 is 15.4 Å². The van der Waals surface area contributed by atoms with Gasteiger partial charge in [-0.3, -0.25) is 0 Å². The van der Waals surface area contributed by atoms with E-state index in [1.165, 1.54) is 29.7 Å². The molecule has 4 nitrogen and oxygen atoms in total. The molecule has 0 saturated heterocycles. The van der Waals surface area contributed by atoms with Crippen molar-refractivity contribution in [2.75, 3.05) is 6.61 Å². The first-order valence-corrected chi connectivity index (χ1v) is 9.45. The average Bonchev–Trinajstić information content (AvgIpc) is 2.60. The number of allylic oxidation sites excluding steroid dienone is 3. The molecule has 138 valence electrons. The molecule has 0 saturated carbocycles. The number of halogens is 1. The molecule has 26 heavy (non-hydrogen) atoms. The predicted molar refractivity (Wildman–Crippen MR) is 109 cm³/mol. The second-order valence-electron chi connectivity index (χ2n) is 6.94. The summed E-state index contributed by atoms with van der Waals surface area (Å²) in [4.78, 5) is 4.84. The SMILES string of the molecule is C=C(C=C(C)C)NC1=NC(COc2ccc(Cl)cc2)NC2=C1CCCC2. The van der Waals surface area contributed by atoms with E-state index in [4.69, 9.17) is 21.3 Å². The van der Waals surface area contributed by atoms with Crippen molar-refractivity contribution < 1.29 is 4.74 Å². The smallest absolute Gasteiger partial charge is 0.155 e. The maximum atomic E-state index is 5.92. The molecule has 0 fully saturated rings. The largest absolute Gasteiger partial charge is 0.489 e. The van der Waals surface area contributed by atoms with Crippen LogP contribution in [0.5, 0.6) is 5.75 Å². The summed E-state index contributed by atoms with van der Waals surface area (Å²) in [6.07, 6.45) is 6.42. The number of ether oxygens (including phenoxy) is 1. The Balaban J connectivity index is 1.72. The van der Waals surface area contributed by atoms with Crippen LogP contribution in [0.3, 0.4) is 0 Å². The Morgan fingerprint density at radius 2 is 2.04 bits per heavy atom. The molecule has 1 atom stereocenters. The summed E-state index contributed by atoms with van der Waals surface area (Å²) in [5, 5.41) is 7.63. The number of amidine groups is 1. The summed E-state index contributed by atoms with van der Waals surface area (Å²) in [5.74, 6) is 1.71. The van der Waals surface area contributed by atoms with Crippen LogP contribution in [0, 0.1) is 0 Å². The number of hydrogen-bond acceptors (Lipinski definition) is 4. The third kappa shape index (κ3) is 4.92. The molecule has 0 bridgehead atoms. The van der Waals surface area contributed by atoms with Gasteiger partial charge >= 0.3 is 0 Å². The number of rotatable bonds is 5. The lowest BCUT2D eigenvalue weighted by Gasteiger charge is -2.31. The standard InChI is InChI=1S/C21H26ClN3O/c1-14(2)12-15(3)23-21-18-6-4-5-7-19(18)24-20(25-21)13-26-17-10-8-16(22)9-11-17/h8-12,20,24H,3-7,13H2,1-2H3,(H,23,25). The Labute approximate surface area is 160 Å². The Morgan fingerprint density at radius 3 is 2.77 bits per heavy atom. The van der Waals surface area contributed by atoms with Crippen LogP contribution in [0.1, 0.15) is 39.5 Å². The van der Waals surface area contributed by atoms with Crippen LogP contribution in [0.4, 0.5) is 0 Å². The maximum absolute atomic E-state index is 5.92. The van der Waals surface area contributed by atoms with E-state index in [1.54, 1.807) is 0 Å². The first-order valence-electron chi connectivity index (χ1n) is 9.07. The first-order chi connectivity index (χ1) is 12.5. The van der Waals surface area contributed by atoms with Crippen LogP contribution in [-0.4, -0.2) is 18.6 Å². The zero-order valence-electron chi connectivity index (χ0n) is 15.4. The summed E-state index contributed by atoms with van der Waals surface area (Å²) in [6.45, 7) is 8.68. The van der Waals surface area contributed by atoms with Gasteiger partial charge in [0.2, 0.25) is 0 Å². The zero-order valence-corrected chi connectivity index (χ0v) is 16.2. The predicted octanol–water partition coefficient (Wildman–Crippen LogP) is 4.94. The molecule has 0 amide bonds. The first kappa shape index (κ1) is 18.6. The molecule has 0 aromatic heterocycles. The lowest BCUT2D eigenvalue weighted by molar-refractivity contribution is 0.272. The number of hydrogen-bond donors (Lipinski definition) is 2. The summed E-state index contributed by atoms with van der Waals surface area (Å²) in [7, 11) is 0. The fourth-order valence-corrected chi connectivity index (χ4v) is 3.35. The highest BCUT2D eigenvalue weighted by Gasteiger charge is 2.25. The molecule has 5 heteroatoms. The van der Waals surface area contributed by atoms with Gasteiger partial charge in [0.05, 0.1) is 0 Å². The van der Waals surface area contributed by atoms with Crippen molar-refractivity contribution in [3.8, 4) is 5.75 Å². The Kier molecular flexibility index (Phi) is 6.04. The number of nitrogens with one attached hydrogen (secondary N) is 2. The van der Waals surface area contributed by atoms with Crippen molar-refractivity contribution in [1.29, 1.82) is 0 Å². The van der Waals surface area contributed by atoms with Gasteiger partial charge < -0.3 is 15.4 Å².